The van der Waals surface area contributed by atoms with Crippen LogP contribution >= 0.6 is 0 Å². The van der Waals surface area contributed by atoms with Crippen molar-refractivity contribution in [3.8, 4) is 11.4 Å². The van der Waals surface area contributed by atoms with Gasteiger partial charge in [-0.1, -0.05) is 26.8 Å². The van der Waals surface area contributed by atoms with Crippen LogP contribution in [0.1, 0.15) is 31.9 Å². The highest BCUT2D eigenvalue weighted by Crippen LogP contribution is 2.26. The summed E-state index contributed by atoms with van der Waals surface area (Å²) in [7, 11) is 2.73. The molecular formula is C19H24N2O4. The molecule has 0 spiro atoms. The summed E-state index contributed by atoms with van der Waals surface area (Å²) in [6.07, 6.45) is 5.05. The number of carbonyl (C=O) groups excluding carboxylic acids is 1. The van der Waals surface area contributed by atoms with Crippen LogP contribution in [0.25, 0.3) is 5.69 Å². The maximum Gasteiger partial charge on any atom is 0.377 e. The largest absolute Gasteiger partial charge is 0.500 e. The Morgan fingerprint density at radius 2 is 1.96 bits per heavy atom. The molecule has 0 atom stereocenters. The first kappa shape index (κ1) is 18.6. The van der Waals surface area contributed by atoms with Crippen LogP contribution in [-0.4, -0.2) is 30.0 Å². The van der Waals surface area contributed by atoms with Crippen LogP contribution in [0, 0.1) is 6.92 Å². The minimum absolute atomic E-state index is 0.0154. The van der Waals surface area contributed by atoms with Crippen molar-refractivity contribution in [2.24, 2.45) is 0 Å². The van der Waals surface area contributed by atoms with Crippen LogP contribution in [0.5, 0.6) is 5.75 Å². The van der Waals surface area contributed by atoms with Crippen LogP contribution in [-0.2, 0) is 19.7 Å². The minimum atomic E-state index is -0.610. The van der Waals surface area contributed by atoms with Gasteiger partial charge in [0.25, 0.3) is 0 Å². The maximum atomic E-state index is 11.8. The van der Waals surface area contributed by atoms with Crippen molar-refractivity contribution in [1.29, 1.82) is 0 Å². The van der Waals surface area contributed by atoms with Crippen LogP contribution in [0.4, 0.5) is 0 Å². The average Bonchev–Trinajstić information content (AvgIpc) is 3.06. The van der Waals surface area contributed by atoms with Crippen molar-refractivity contribution in [1.82, 2.24) is 9.78 Å². The zero-order valence-corrected chi connectivity index (χ0v) is 15.5. The number of methoxy groups -OCH3 is 2. The Hall–Kier alpha value is -2.76. The summed E-state index contributed by atoms with van der Waals surface area (Å²) in [5, 5.41) is 4.42. The normalized spacial score (nSPS) is 12.0. The summed E-state index contributed by atoms with van der Waals surface area (Å²) in [6.45, 7) is 8.30. The minimum Gasteiger partial charge on any atom is -0.500 e. The van der Waals surface area contributed by atoms with Gasteiger partial charge in [0, 0.05) is 12.3 Å². The fourth-order valence-electron chi connectivity index (χ4n) is 2.13. The van der Waals surface area contributed by atoms with E-state index in [0.717, 1.165) is 16.8 Å². The SMILES string of the molecule is CO/C=C(\Oc1cc(-n2cc(C(C)(C)C)cn2)ccc1C)C(=O)OC. The lowest BCUT2D eigenvalue weighted by atomic mass is 9.90. The molecule has 134 valence electrons. The molecule has 0 saturated heterocycles. The molecule has 0 amide bonds. The lowest BCUT2D eigenvalue weighted by Crippen LogP contribution is -2.12. The lowest BCUT2D eigenvalue weighted by Gasteiger charge is -2.15. The molecule has 25 heavy (non-hydrogen) atoms. The van der Waals surface area contributed by atoms with E-state index in [2.05, 4.69) is 25.9 Å². The van der Waals surface area contributed by atoms with Crippen molar-refractivity contribution in [2.75, 3.05) is 14.2 Å². The molecule has 1 aromatic carbocycles. The summed E-state index contributed by atoms with van der Waals surface area (Å²) in [5.74, 6) is -0.110. The highest BCUT2D eigenvalue weighted by atomic mass is 16.6. The Morgan fingerprint density at radius 1 is 1.24 bits per heavy atom. The molecule has 0 aliphatic carbocycles. The number of rotatable bonds is 5. The van der Waals surface area contributed by atoms with Gasteiger partial charge in [0.1, 0.15) is 12.0 Å². The molecule has 0 N–H and O–H groups in total. The second-order valence-electron chi connectivity index (χ2n) is 6.68. The van der Waals surface area contributed by atoms with Crippen molar-refractivity contribution in [3.05, 3.63) is 53.7 Å². The predicted molar refractivity (Wildman–Crippen MR) is 94.7 cm³/mol. The smallest absolute Gasteiger partial charge is 0.377 e. The average molecular weight is 344 g/mol. The van der Waals surface area contributed by atoms with Gasteiger partial charge in [-0.25, -0.2) is 9.48 Å². The van der Waals surface area contributed by atoms with Gasteiger partial charge in [-0.05, 0) is 29.5 Å². The third kappa shape index (κ3) is 4.41. The Balaban J connectivity index is 2.36. The van der Waals surface area contributed by atoms with E-state index in [1.165, 1.54) is 20.5 Å². The van der Waals surface area contributed by atoms with E-state index in [4.69, 9.17) is 14.2 Å². The maximum absolute atomic E-state index is 11.8. The summed E-state index contributed by atoms with van der Waals surface area (Å²) in [5.41, 5.74) is 2.85. The van der Waals surface area contributed by atoms with Gasteiger partial charge >= 0.3 is 5.97 Å². The van der Waals surface area contributed by atoms with Crippen molar-refractivity contribution in [2.45, 2.75) is 33.1 Å². The number of benzene rings is 1. The fraction of sp³-hybridized carbons (Fsp3) is 0.368. The van der Waals surface area contributed by atoms with Gasteiger partial charge in [0.05, 0.1) is 26.1 Å². The Kier molecular flexibility index (Phi) is 5.51. The quantitative estimate of drug-likeness (QED) is 0.472. The molecular weight excluding hydrogens is 320 g/mol. The first-order valence-corrected chi connectivity index (χ1v) is 7.91. The number of aromatic nitrogens is 2. The monoisotopic (exact) mass is 344 g/mol. The number of hydrogen-bond acceptors (Lipinski definition) is 5. The highest BCUT2D eigenvalue weighted by molar-refractivity contribution is 5.86. The number of ether oxygens (including phenoxy) is 3. The van der Waals surface area contributed by atoms with E-state index >= 15 is 0 Å². The third-order valence-corrected chi connectivity index (χ3v) is 3.72. The van der Waals surface area contributed by atoms with Crippen molar-refractivity contribution < 1.29 is 19.0 Å². The van der Waals surface area contributed by atoms with Gasteiger partial charge < -0.3 is 14.2 Å². The zero-order chi connectivity index (χ0) is 18.6. The summed E-state index contributed by atoms with van der Waals surface area (Å²) in [6, 6.07) is 5.67. The van der Waals surface area contributed by atoms with Crippen molar-refractivity contribution >= 4 is 5.97 Å². The summed E-state index contributed by atoms with van der Waals surface area (Å²) < 4.78 is 17.1. The number of esters is 1. The molecule has 6 heteroatoms. The molecule has 0 bridgehead atoms. The molecule has 0 saturated carbocycles. The van der Waals surface area contributed by atoms with E-state index in [1.54, 1.807) is 4.68 Å². The van der Waals surface area contributed by atoms with E-state index in [0.29, 0.717) is 5.75 Å². The van der Waals surface area contributed by atoms with E-state index in [1.807, 2.05) is 37.5 Å². The fourth-order valence-corrected chi connectivity index (χ4v) is 2.13. The third-order valence-electron chi connectivity index (χ3n) is 3.72. The number of carbonyl (C=O) groups is 1. The zero-order valence-electron chi connectivity index (χ0n) is 15.5. The second-order valence-corrected chi connectivity index (χ2v) is 6.68. The number of hydrogen-bond donors (Lipinski definition) is 0. The van der Waals surface area contributed by atoms with Crippen LogP contribution in [0.2, 0.25) is 0 Å². The summed E-state index contributed by atoms with van der Waals surface area (Å²) >= 11 is 0. The Labute approximate surface area is 148 Å². The molecule has 1 aromatic heterocycles. The molecule has 1 heterocycles. The molecule has 2 rings (SSSR count). The van der Waals surface area contributed by atoms with Gasteiger partial charge in [0.15, 0.2) is 0 Å². The first-order chi connectivity index (χ1) is 11.8. The van der Waals surface area contributed by atoms with Gasteiger partial charge in [-0.15, -0.1) is 0 Å². The molecule has 0 unspecified atom stereocenters. The number of aryl methyl sites for hydroxylation is 1. The van der Waals surface area contributed by atoms with Crippen LogP contribution in [0.3, 0.4) is 0 Å². The first-order valence-electron chi connectivity index (χ1n) is 7.91. The Bertz CT molecular complexity index is 785. The molecule has 0 aliphatic heterocycles. The van der Waals surface area contributed by atoms with Gasteiger partial charge in [-0.3, -0.25) is 0 Å². The van der Waals surface area contributed by atoms with E-state index < -0.39 is 5.97 Å². The molecule has 0 aliphatic rings. The molecule has 6 nitrogen and oxygen atoms in total. The Morgan fingerprint density at radius 3 is 2.52 bits per heavy atom. The van der Waals surface area contributed by atoms with E-state index in [9.17, 15) is 4.79 Å². The number of nitrogens with zero attached hydrogens (tertiary/aromatic N) is 2. The topological polar surface area (TPSA) is 62.6 Å². The van der Waals surface area contributed by atoms with Crippen LogP contribution < -0.4 is 4.74 Å². The standard InChI is InChI=1S/C19H24N2O4/c1-13-7-8-15(21-11-14(10-20-21)19(2,3)4)9-16(13)25-17(12-23-5)18(22)24-6/h7-12H,1-6H3/b17-12-. The van der Waals surface area contributed by atoms with Gasteiger partial charge in [0.2, 0.25) is 5.76 Å². The lowest BCUT2D eigenvalue weighted by molar-refractivity contribution is -0.138. The van der Waals surface area contributed by atoms with Crippen LogP contribution in [0.15, 0.2) is 42.6 Å². The highest BCUT2D eigenvalue weighted by Gasteiger charge is 2.18. The van der Waals surface area contributed by atoms with Crippen molar-refractivity contribution in [3.63, 3.8) is 0 Å². The van der Waals surface area contributed by atoms with E-state index in [-0.39, 0.29) is 11.2 Å². The predicted octanol–water partition coefficient (Wildman–Crippen LogP) is 3.52. The second kappa shape index (κ2) is 7.42. The summed E-state index contributed by atoms with van der Waals surface area (Å²) in [4.78, 5) is 11.8. The van der Waals surface area contributed by atoms with Gasteiger partial charge in [-0.2, -0.15) is 5.10 Å². The molecule has 2 aromatic rings. The molecule has 0 radical (unpaired) electrons. The molecule has 0 fully saturated rings.